The number of pyridine rings is 2. The van der Waals surface area contributed by atoms with Gasteiger partial charge >= 0.3 is 0 Å². The number of hydrogen-bond donors (Lipinski definition) is 4. The van der Waals surface area contributed by atoms with E-state index in [1.165, 1.54) is 14.4 Å². The number of rotatable bonds is 13. The molecule has 2 aliphatic heterocycles. The number of H-pyrrole nitrogens is 2. The molecule has 1 unspecified atom stereocenters. The topological polar surface area (TPSA) is 264 Å². The second-order valence-corrected chi connectivity index (χ2v) is 17.4. The van der Waals surface area contributed by atoms with Gasteiger partial charge in [0.1, 0.15) is 41.4 Å². The summed E-state index contributed by atoms with van der Waals surface area (Å²) in [5.41, 5.74) is 9.04. The Morgan fingerprint density at radius 3 is 2.09 bits per heavy atom. The Hall–Kier alpha value is -8.78. The molecule has 346 valence electrons. The SMILES string of the molecule is CC(C)=C(C#N)C(=O)N1CCC[C@H]1C(=O)NCCc1cc2c(-c3c(C4CC[C@@H](C(=O)NCCc5cc6c(-c7cnn8ncccc78)ccnc6[nH]5)N4C(=O)CC#N)nn4ncccc34)ccnc2[nH]1. The average Bonchev–Trinajstić information content (AvgIpc) is 4.22. The molecule has 8 aromatic heterocycles. The average molecular weight is 923 g/mol. The maximum atomic E-state index is 14.1. The van der Waals surface area contributed by atoms with E-state index in [9.17, 15) is 29.7 Å². The second kappa shape index (κ2) is 18.5. The first kappa shape index (κ1) is 44.1. The monoisotopic (exact) mass is 922 g/mol. The summed E-state index contributed by atoms with van der Waals surface area (Å²) in [6.45, 7) is 4.38. The van der Waals surface area contributed by atoms with Crippen LogP contribution in [0.5, 0.6) is 0 Å². The summed E-state index contributed by atoms with van der Waals surface area (Å²) >= 11 is 0. The van der Waals surface area contributed by atoms with Gasteiger partial charge in [-0.05, 0) is 99.2 Å². The van der Waals surface area contributed by atoms with E-state index in [0.29, 0.717) is 78.7 Å². The standard InChI is InChI=1S/C49H46N16O4/c1-28(2)35(26-51)49(69)62-23-5-8-40(62)47(67)54-19-12-30-25-34-32(15-22-53-46(34)60-30)43-38-7-4-18-57-65(38)61-44(43)39-9-10-41(63(39)42(66)11-16-50)48(68)55-20-13-29-24-33-31(14-21-52-45(33)59-29)36-27-58-64-37(36)6-3-17-56-64/h3-4,6-7,14-15,17-18,21-22,24-25,27,39-41H,5,8-13,19-20,23H2,1-2H3,(H,52,59)(H,53,60)(H,54,67)(H,55,68)/t39?,40-,41-/m0/s1. The zero-order valence-electron chi connectivity index (χ0n) is 37.8. The van der Waals surface area contributed by atoms with Gasteiger partial charge in [-0.2, -0.15) is 40.2 Å². The van der Waals surface area contributed by atoms with Crippen LogP contribution in [0.3, 0.4) is 0 Å². The third-order valence-electron chi connectivity index (χ3n) is 13.0. The first-order valence-electron chi connectivity index (χ1n) is 22.8. The van der Waals surface area contributed by atoms with E-state index in [2.05, 4.69) is 45.9 Å². The van der Waals surface area contributed by atoms with E-state index < -0.39 is 36.4 Å². The fraction of sp³-hybridized carbons (Fsp3) is 0.306. The smallest absolute Gasteiger partial charge is 0.265 e. The Labute approximate surface area is 394 Å². The number of amides is 4. The van der Waals surface area contributed by atoms with Gasteiger partial charge in [0.2, 0.25) is 17.7 Å². The van der Waals surface area contributed by atoms with Crippen molar-refractivity contribution in [1.29, 1.82) is 10.5 Å². The van der Waals surface area contributed by atoms with Gasteiger partial charge in [0.05, 0.1) is 35.0 Å². The number of fused-ring (bicyclic) bond motifs is 4. The summed E-state index contributed by atoms with van der Waals surface area (Å²) in [5, 5.41) is 45.1. The molecule has 8 aromatic rings. The number of allylic oxidation sites excluding steroid dienone is 1. The Kier molecular flexibility index (Phi) is 11.8. The van der Waals surface area contributed by atoms with Crippen molar-refractivity contribution in [2.45, 2.75) is 76.9 Å². The number of hydrogen-bond acceptors (Lipinski definition) is 12. The lowest BCUT2D eigenvalue weighted by atomic mass is 9.97. The molecule has 0 aliphatic carbocycles. The van der Waals surface area contributed by atoms with Crippen molar-refractivity contribution < 1.29 is 19.2 Å². The van der Waals surface area contributed by atoms with Crippen LogP contribution in [0.25, 0.3) is 55.4 Å². The molecular weight excluding hydrogens is 877 g/mol. The molecule has 69 heavy (non-hydrogen) atoms. The van der Waals surface area contributed by atoms with E-state index in [1.54, 1.807) is 55.5 Å². The van der Waals surface area contributed by atoms with Crippen molar-refractivity contribution in [2.75, 3.05) is 19.6 Å². The molecule has 2 aliphatic rings. The lowest BCUT2D eigenvalue weighted by Gasteiger charge is -2.29. The minimum absolute atomic E-state index is 0.0575. The van der Waals surface area contributed by atoms with E-state index >= 15 is 0 Å². The zero-order valence-corrected chi connectivity index (χ0v) is 37.8. The summed E-state index contributed by atoms with van der Waals surface area (Å²) < 4.78 is 3.10. The Bertz CT molecular complexity index is 3450. The van der Waals surface area contributed by atoms with Crippen LogP contribution in [0.15, 0.2) is 90.7 Å². The van der Waals surface area contributed by atoms with Crippen molar-refractivity contribution in [3.63, 3.8) is 0 Å². The van der Waals surface area contributed by atoms with E-state index in [4.69, 9.17) is 5.10 Å². The van der Waals surface area contributed by atoms with Gasteiger partial charge < -0.3 is 30.4 Å². The number of nitrogens with one attached hydrogen (secondary N) is 4. The van der Waals surface area contributed by atoms with Gasteiger partial charge in [0.25, 0.3) is 5.91 Å². The van der Waals surface area contributed by atoms with Crippen molar-refractivity contribution in [1.82, 2.24) is 70.0 Å². The van der Waals surface area contributed by atoms with Crippen LogP contribution in [-0.2, 0) is 32.0 Å². The quantitative estimate of drug-likeness (QED) is 0.0908. The van der Waals surface area contributed by atoms with Gasteiger partial charge in [-0.3, -0.25) is 19.2 Å². The molecule has 0 bridgehead atoms. The van der Waals surface area contributed by atoms with Gasteiger partial charge in [0, 0.05) is 90.6 Å². The summed E-state index contributed by atoms with van der Waals surface area (Å²) in [5.74, 6) is -1.51. The number of aromatic amines is 2. The number of carbonyl (C=O) groups excluding carboxylic acids is 4. The molecule has 0 spiro atoms. The lowest BCUT2D eigenvalue weighted by molar-refractivity contribution is -0.139. The molecule has 10 rings (SSSR count). The molecule has 4 amide bonds. The largest absolute Gasteiger partial charge is 0.354 e. The summed E-state index contributed by atoms with van der Waals surface area (Å²) in [7, 11) is 0. The summed E-state index contributed by atoms with van der Waals surface area (Å²) in [6.07, 6.45) is 10.9. The van der Waals surface area contributed by atoms with Crippen LogP contribution in [0.1, 0.15) is 69.1 Å². The number of aromatic nitrogens is 10. The van der Waals surface area contributed by atoms with Crippen LogP contribution in [0.4, 0.5) is 0 Å². The third kappa shape index (κ3) is 8.15. The van der Waals surface area contributed by atoms with E-state index in [0.717, 1.165) is 44.4 Å². The van der Waals surface area contributed by atoms with Crippen LogP contribution in [0, 0.1) is 22.7 Å². The predicted octanol–water partition coefficient (Wildman–Crippen LogP) is 4.67. The number of nitrogens with zero attached hydrogens (tertiary/aromatic N) is 12. The van der Waals surface area contributed by atoms with Crippen molar-refractivity contribution >= 4 is 56.7 Å². The first-order chi connectivity index (χ1) is 33.6. The predicted molar refractivity (Wildman–Crippen MR) is 251 cm³/mol. The van der Waals surface area contributed by atoms with Crippen LogP contribution < -0.4 is 10.6 Å². The Balaban J connectivity index is 0.869. The first-order valence-corrected chi connectivity index (χ1v) is 22.8. The molecule has 4 N–H and O–H groups in total. The second-order valence-electron chi connectivity index (χ2n) is 17.4. The van der Waals surface area contributed by atoms with Crippen LogP contribution in [0.2, 0.25) is 0 Å². The highest BCUT2D eigenvalue weighted by Gasteiger charge is 2.44. The molecule has 0 radical (unpaired) electrons. The van der Waals surface area contributed by atoms with Crippen molar-refractivity contribution in [2.24, 2.45) is 0 Å². The number of likely N-dealkylation sites (tertiary alicyclic amines) is 2. The van der Waals surface area contributed by atoms with Crippen LogP contribution in [-0.4, -0.2) is 115 Å². The highest BCUT2D eigenvalue weighted by molar-refractivity contribution is 6.02. The fourth-order valence-corrected chi connectivity index (χ4v) is 9.86. The normalized spacial score (nSPS) is 16.8. The van der Waals surface area contributed by atoms with Gasteiger partial charge in [-0.1, -0.05) is 5.57 Å². The summed E-state index contributed by atoms with van der Waals surface area (Å²) in [4.78, 5) is 73.5. The zero-order chi connectivity index (χ0) is 47.8. The van der Waals surface area contributed by atoms with Gasteiger partial charge in [-0.25, -0.2) is 9.97 Å². The van der Waals surface area contributed by atoms with Crippen molar-refractivity contribution in [3.05, 3.63) is 108 Å². The van der Waals surface area contributed by atoms with Gasteiger partial charge in [0.15, 0.2) is 0 Å². The summed E-state index contributed by atoms with van der Waals surface area (Å²) in [6, 6.07) is 17.1. The highest BCUT2D eigenvalue weighted by Crippen LogP contribution is 2.43. The maximum Gasteiger partial charge on any atom is 0.265 e. The molecule has 20 nitrogen and oxygen atoms in total. The fourth-order valence-electron chi connectivity index (χ4n) is 9.86. The molecule has 0 saturated carbocycles. The Morgan fingerprint density at radius 2 is 1.41 bits per heavy atom. The highest BCUT2D eigenvalue weighted by atomic mass is 16.2. The van der Waals surface area contributed by atoms with E-state index in [1.807, 2.05) is 54.6 Å². The molecule has 2 fully saturated rings. The molecule has 20 heteroatoms. The minimum Gasteiger partial charge on any atom is -0.354 e. The number of carbonyl (C=O) groups is 4. The number of nitriles is 2. The van der Waals surface area contributed by atoms with E-state index in [-0.39, 0.29) is 30.5 Å². The molecular formula is C49H46N16O4. The van der Waals surface area contributed by atoms with Crippen molar-refractivity contribution in [3.8, 4) is 34.4 Å². The molecule has 2 saturated heterocycles. The van der Waals surface area contributed by atoms with Crippen LogP contribution >= 0.6 is 0 Å². The van der Waals surface area contributed by atoms with Gasteiger partial charge in [-0.15, -0.1) is 0 Å². The minimum atomic E-state index is -0.858. The molecule has 10 heterocycles. The molecule has 0 aromatic carbocycles. The maximum absolute atomic E-state index is 14.1. The Morgan fingerprint density at radius 1 is 0.754 bits per heavy atom. The molecule has 3 atom stereocenters. The third-order valence-corrected chi connectivity index (χ3v) is 13.0. The lowest BCUT2D eigenvalue weighted by Crippen LogP contribution is -2.47.